The van der Waals surface area contributed by atoms with Gasteiger partial charge in [-0.05, 0) is 44.7 Å². The molecular weight excluding hydrogens is 322 g/mol. The van der Waals surface area contributed by atoms with Crippen LogP contribution >= 0.6 is 0 Å². The SMILES string of the molecule is CCc1nc(NC(C)Cc2ccccc2)c(C#N)c2c1COC(C)(C)C2. The zero-order valence-corrected chi connectivity index (χ0v) is 16.1. The number of nitrogens with one attached hydrogen (secondary N) is 1. The van der Waals surface area contributed by atoms with E-state index in [1.54, 1.807) is 0 Å². The van der Waals surface area contributed by atoms with E-state index in [2.05, 4.69) is 63.3 Å². The second-order valence-corrected chi connectivity index (χ2v) is 7.66. The second-order valence-electron chi connectivity index (χ2n) is 7.66. The summed E-state index contributed by atoms with van der Waals surface area (Å²) in [6.07, 6.45) is 2.46. The molecule has 1 aliphatic rings. The average Bonchev–Trinajstić information content (AvgIpc) is 2.60. The topological polar surface area (TPSA) is 57.9 Å². The van der Waals surface area contributed by atoms with Crippen LogP contribution in [-0.4, -0.2) is 16.6 Å². The molecule has 0 amide bonds. The van der Waals surface area contributed by atoms with Gasteiger partial charge in [-0.15, -0.1) is 0 Å². The zero-order valence-electron chi connectivity index (χ0n) is 16.1. The highest BCUT2D eigenvalue weighted by atomic mass is 16.5. The molecule has 0 aliphatic carbocycles. The van der Waals surface area contributed by atoms with Crippen molar-refractivity contribution in [2.45, 2.75) is 65.2 Å². The lowest BCUT2D eigenvalue weighted by Crippen LogP contribution is -2.34. The third kappa shape index (κ3) is 3.89. The minimum absolute atomic E-state index is 0.188. The predicted molar refractivity (Wildman–Crippen MR) is 104 cm³/mol. The Balaban J connectivity index is 1.93. The quantitative estimate of drug-likeness (QED) is 0.868. The fraction of sp³-hybridized carbons (Fsp3) is 0.455. The van der Waals surface area contributed by atoms with Crippen LogP contribution < -0.4 is 5.32 Å². The highest BCUT2D eigenvalue weighted by Gasteiger charge is 2.31. The van der Waals surface area contributed by atoms with Crippen LogP contribution in [-0.2, 0) is 30.6 Å². The lowest BCUT2D eigenvalue weighted by atomic mass is 9.87. The molecule has 1 unspecified atom stereocenters. The maximum Gasteiger partial charge on any atom is 0.144 e. The van der Waals surface area contributed by atoms with Gasteiger partial charge in [-0.1, -0.05) is 37.3 Å². The molecule has 26 heavy (non-hydrogen) atoms. The number of anilines is 1. The van der Waals surface area contributed by atoms with Gasteiger partial charge in [0.05, 0.1) is 17.8 Å². The number of pyridine rings is 1. The minimum Gasteiger partial charge on any atom is -0.370 e. The molecule has 1 N–H and O–H groups in total. The average molecular weight is 349 g/mol. The molecule has 1 aliphatic heterocycles. The molecule has 2 heterocycles. The van der Waals surface area contributed by atoms with Crippen LogP contribution in [0.2, 0.25) is 0 Å². The number of hydrogen-bond donors (Lipinski definition) is 1. The summed E-state index contributed by atoms with van der Waals surface area (Å²) in [6, 6.07) is 13.0. The van der Waals surface area contributed by atoms with Crippen molar-refractivity contribution < 1.29 is 4.74 Å². The van der Waals surface area contributed by atoms with E-state index >= 15 is 0 Å². The molecule has 4 nitrogen and oxygen atoms in total. The molecule has 0 bridgehead atoms. The summed E-state index contributed by atoms with van der Waals surface area (Å²) >= 11 is 0. The Morgan fingerprint density at radius 1 is 1.27 bits per heavy atom. The van der Waals surface area contributed by atoms with Crippen molar-refractivity contribution in [2.75, 3.05) is 5.32 Å². The molecule has 1 aromatic heterocycles. The van der Waals surface area contributed by atoms with Crippen LogP contribution in [0.5, 0.6) is 0 Å². The summed E-state index contributed by atoms with van der Waals surface area (Å²) in [5.41, 5.74) is 4.93. The first-order valence-corrected chi connectivity index (χ1v) is 9.32. The van der Waals surface area contributed by atoms with E-state index < -0.39 is 0 Å². The van der Waals surface area contributed by atoms with Gasteiger partial charge >= 0.3 is 0 Å². The lowest BCUT2D eigenvalue weighted by molar-refractivity contribution is -0.0406. The number of nitriles is 1. The molecular formula is C22H27N3O. The first-order chi connectivity index (χ1) is 12.4. The Labute approximate surface area is 156 Å². The number of rotatable bonds is 5. The number of aromatic nitrogens is 1. The van der Waals surface area contributed by atoms with Crippen LogP contribution in [0.15, 0.2) is 30.3 Å². The van der Waals surface area contributed by atoms with Crippen LogP contribution in [0.1, 0.15) is 55.6 Å². The summed E-state index contributed by atoms with van der Waals surface area (Å²) in [4.78, 5) is 4.79. The maximum atomic E-state index is 9.84. The van der Waals surface area contributed by atoms with Gasteiger partial charge in [-0.3, -0.25) is 0 Å². The van der Waals surface area contributed by atoms with Gasteiger partial charge in [0, 0.05) is 23.7 Å². The normalized spacial score (nSPS) is 16.4. The molecule has 2 aromatic rings. The molecule has 0 spiro atoms. The number of hydrogen-bond acceptors (Lipinski definition) is 4. The van der Waals surface area contributed by atoms with Gasteiger partial charge in [0.25, 0.3) is 0 Å². The van der Waals surface area contributed by atoms with Gasteiger partial charge in [-0.25, -0.2) is 4.98 Å². The molecule has 4 heteroatoms. The first kappa shape index (κ1) is 18.4. The number of nitrogens with zero attached hydrogens (tertiary/aromatic N) is 2. The van der Waals surface area contributed by atoms with E-state index in [1.165, 1.54) is 5.56 Å². The van der Waals surface area contributed by atoms with E-state index in [-0.39, 0.29) is 11.6 Å². The highest BCUT2D eigenvalue weighted by Crippen LogP contribution is 2.34. The number of fused-ring (bicyclic) bond motifs is 1. The summed E-state index contributed by atoms with van der Waals surface area (Å²) in [5, 5.41) is 13.3. The Hall–Kier alpha value is -2.38. The van der Waals surface area contributed by atoms with Crippen LogP contribution in [0.3, 0.4) is 0 Å². The Morgan fingerprint density at radius 2 is 2.00 bits per heavy atom. The zero-order chi connectivity index (χ0) is 18.7. The second kappa shape index (κ2) is 7.47. The molecule has 136 valence electrons. The fourth-order valence-corrected chi connectivity index (χ4v) is 3.61. The number of ether oxygens (including phenoxy) is 1. The molecule has 0 saturated heterocycles. The van der Waals surface area contributed by atoms with E-state index in [0.717, 1.165) is 36.1 Å². The van der Waals surface area contributed by atoms with E-state index in [1.807, 2.05) is 6.07 Å². The standard InChI is InChI=1S/C22H27N3O/c1-5-20-19-14-26-22(3,4)12-17(19)18(13-23)21(25-20)24-15(2)11-16-9-7-6-8-10-16/h6-10,15H,5,11-12,14H2,1-4H3,(H,24,25). The molecule has 0 radical (unpaired) electrons. The molecule has 0 saturated carbocycles. The van der Waals surface area contributed by atoms with Gasteiger partial charge in [0.2, 0.25) is 0 Å². The van der Waals surface area contributed by atoms with Crippen LogP contribution in [0.25, 0.3) is 0 Å². The van der Waals surface area contributed by atoms with Gasteiger partial charge in [0.1, 0.15) is 11.9 Å². The van der Waals surface area contributed by atoms with Crippen molar-refractivity contribution in [2.24, 2.45) is 0 Å². The van der Waals surface area contributed by atoms with Crippen molar-refractivity contribution in [3.63, 3.8) is 0 Å². The first-order valence-electron chi connectivity index (χ1n) is 9.32. The van der Waals surface area contributed by atoms with E-state index in [9.17, 15) is 5.26 Å². The van der Waals surface area contributed by atoms with E-state index in [4.69, 9.17) is 9.72 Å². The minimum atomic E-state index is -0.252. The maximum absolute atomic E-state index is 9.84. The lowest BCUT2D eigenvalue weighted by Gasteiger charge is -2.34. The summed E-state index contributed by atoms with van der Waals surface area (Å²) in [5.74, 6) is 0.712. The van der Waals surface area contributed by atoms with Crippen molar-refractivity contribution in [1.82, 2.24) is 4.98 Å². The summed E-state index contributed by atoms with van der Waals surface area (Å²) < 4.78 is 5.96. The largest absolute Gasteiger partial charge is 0.370 e. The molecule has 1 atom stereocenters. The van der Waals surface area contributed by atoms with E-state index in [0.29, 0.717) is 18.0 Å². The fourth-order valence-electron chi connectivity index (χ4n) is 3.61. The van der Waals surface area contributed by atoms with Gasteiger partial charge in [0.15, 0.2) is 0 Å². The smallest absolute Gasteiger partial charge is 0.144 e. The van der Waals surface area contributed by atoms with Crippen molar-refractivity contribution >= 4 is 5.82 Å². The van der Waals surface area contributed by atoms with Gasteiger partial charge < -0.3 is 10.1 Å². The van der Waals surface area contributed by atoms with Crippen molar-refractivity contribution in [3.05, 3.63) is 58.3 Å². The van der Waals surface area contributed by atoms with Crippen molar-refractivity contribution in [3.8, 4) is 6.07 Å². The Kier molecular flexibility index (Phi) is 5.29. The van der Waals surface area contributed by atoms with Crippen LogP contribution in [0.4, 0.5) is 5.82 Å². The van der Waals surface area contributed by atoms with Crippen LogP contribution in [0, 0.1) is 11.3 Å². The number of aryl methyl sites for hydroxylation is 1. The third-order valence-electron chi connectivity index (χ3n) is 4.92. The monoisotopic (exact) mass is 349 g/mol. The molecule has 0 fully saturated rings. The molecule has 1 aromatic carbocycles. The Bertz CT molecular complexity index is 822. The number of benzene rings is 1. The predicted octanol–water partition coefficient (Wildman–Crippen LogP) is 4.41. The summed E-state index contributed by atoms with van der Waals surface area (Å²) in [6.45, 7) is 8.93. The third-order valence-corrected chi connectivity index (χ3v) is 4.92. The molecule has 3 rings (SSSR count). The highest BCUT2D eigenvalue weighted by molar-refractivity contribution is 5.61. The van der Waals surface area contributed by atoms with Gasteiger partial charge in [-0.2, -0.15) is 5.26 Å². The summed E-state index contributed by atoms with van der Waals surface area (Å²) in [7, 11) is 0. The van der Waals surface area contributed by atoms with Crippen molar-refractivity contribution in [1.29, 1.82) is 5.26 Å². The Morgan fingerprint density at radius 3 is 2.65 bits per heavy atom.